The molecular formula is C10H10F3NOS. The van der Waals surface area contributed by atoms with E-state index in [-0.39, 0.29) is 0 Å². The van der Waals surface area contributed by atoms with Gasteiger partial charge in [-0.15, -0.1) is 0 Å². The Morgan fingerprint density at radius 2 is 2.19 bits per heavy atom. The van der Waals surface area contributed by atoms with Crippen molar-refractivity contribution in [1.29, 1.82) is 0 Å². The minimum atomic E-state index is -4.40. The predicted octanol–water partition coefficient (Wildman–Crippen LogP) is 3.70. The maximum atomic E-state index is 12.2. The van der Waals surface area contributed by atoms with E-state index in [1.54, 1.807) is 6.92 Å². The van der Waals surface area contributed by atoms with Crippen LogP contribution in [0.2, 0.25) is 0 Å². The third-order valence-electron chi connectivity index (χ3n) is 1.56. The summed E-state index contributed by atoms with van der Waals surface area (Å²) < 4.78 is 41.6. The molecule has 0 saturated heterocycles. The number of thioether (sulfide) groups is 1. The van der Waals surface area contributed by atoms with Crippen LogP contribution in [0, 0.1) is 0 Å². The Morgan fingerprint density at radius 3 is 2.62 bits per heavy atom. The van der Waals surface area contributed by atoms with E-state index in [9.17, 15) is 13.2 Å². The number of hydrogen-bond donors (Lipinski definition) is 0. The van der Waals surface area contributed by atoms with Crippen molar-refractivity contribution in [1.82, 2.24) is 4.98 Å². The number of rotatable bonds is 4. The topological polar surface area (TPSA) is 22.1 Å². The minimum Gasteiger partial charge on any atom is -0.488 e. The molecule has 0 aliphatic heterocycles. The molecule has 0 fully saturated rings. The Morgan fingerprint density at radius 1 is 1.50 bits per heavy atom. The van der Waals surface area contributed by atoms with E-state index >= 15 is 0 Å². The zero-order valence-electron chi connectivity index (χ0n) is 8.54. The van der Waals surface area contributed by atoms with Crippen molar-refractivity contribution in [3.63, 3.8) is 0 Å². The average molecular weight is 249 g/mol. The van der Waals surface area contributed by atoms with Crippen molar-refractivity contribution < 1.29 is 17.9 Å². The largest absolute Gasteiger partial charge is 0.488 e. The van der Waals surface area contributed by atoms with Crippen LogP contribution in [-0.2, 0) is 10.9 Å². The first-order valence-electron chi connectivity index (χ1n) is 4.46. The van der Waals surface area contributed by atoms with Crippen molar-refractivity contribution in [2.45, 2.75) is 18.0 Å². The molecular weight excluding hydrogens is 239 g/mol. The fraction of sp³-hybridized carbons (Fsp3) is 0.300. The molecule has 16 heavy (non-hydrogen) atoms. The number of pyridine rings is 1. The van der Waals surface area contributed by atoms with Crippen LogP contribution in [0.25, 0.3) is 0 Å². The van der Waals surface area contributed by atoms with E-state index in [1.165, 1.54) is 6.07 Å². The molecule has 1 aromatic heterocycles. The van der Waals surface area contributed by atoms with Crippen LogP contribution < -0.4 is 0 Å². The van der Waals surface area contributed by atoms with Crippen molar-refractivity contribution >= 4 is 11.8 Å². The molecule has 0 saturated carbocycles. The summed E-state index contributed by atoms with van der Waals surface area (Å²) in [7, 11) is 0. The van der Waals surface area contributed by atoms with Gasteiger partial charge in [0, 0.05) is 11.1 Å². The zero-order chi connectivity index (χ0) is 12.2. The molecule has 0 amide bonds. The average Bonchev–Trinajstić information content (AvgIpc) is 2.17. The Bertz CT molecular complexity index is 361. The maximum absolute atomic E-state index is 12.2. The lowest BCUT2D eigenvalue weighted by molar-refractivity contribution is -0.141. The van der Waals surface area contributed by atoms with Gasteiger partial charge in [-0.3, -0.25) is 4.98 Å². The Kier molecular flexibility index (Phi) is 4.23. The summed E-state index contributed by atoms with van der Waals surface area (Å²) in [6.07, 6.45) is -3.25. The van der Waals surface area contributed by atoms with Gasteiger partial charge in [0.2, 0.25) is 0 Å². The van der Waals surface area contributed by atoms with E-state index < -0.39 is 11.9 Å². The molecule has 1 heterocycles. The quantitative estimate of drug-likeness (QED) is 0.600. The molecule has 0 aliphatic rings. The van der Waals surface area contributed by atoms with E-state index in [0.29, 0.717) is 16.6 Å². The SMILES string of the molecule is C=C(OCC)Sc1ccc(C(F)(F)F)nc1. The molecule has 0 bridgehead atoms. The first-order valence-corrected chi connectivity index (χ1v) is 5.28. The van der Waals surface area contributed by atoms with Crippen molar-refractivity contribution in [2.75, 3.05) is 6.61 Å². The monoisotopic (exact) mass is 249 g/mol. The number of hydrogen-bond acceptors (Lipinski definition) is 3. The molecule has 0 spiro atoms. The molecule has 0 unspecified atom stereocenters. The van der Waals surface area contributed by atoms with Crippen LogP contribution >= 0.6 is 11.8 Å². The van der Waals surface area contributed by atoms with Gasteiger partial charge in [-0.1, -0.05) is 11.8 Å². The second-order valence-corrected chi connectivity index (χ2v) is 3.91. The van der Waals surface area contributed by atoms with Gasteiger partial charge in [-0.2, -0.15) is 13.2 Å². The highest BCUT2D eigenvalue weighted by atomic mass is 32.2. The highest BCUT2D eigenvalue weighted by molar-refractivity contribution is 8.02. The third-order valence-corrected chi connectivity index (χ3v) is 2.39. The Hall–Kier alpha value is -1.17. The highest BCUT2D eigenvalue weighted by Gasteiger charge is 2.32. The van der Waals surface area contributed by atoms with Crippen molar-refractivity contribution in [3.8, 4) is 0 Å². The third kappa shape index (κ3) is 3.77. The second-order valence-electron chi connectivity index (χ2n) is 2.78. The number of nitrogens with zero attached hydrogens (tertiary/aromatic N) is 1. The van der Waals surface area contributed by atoms with Crippen LogP contribution in [0.3, 0.4) is 0 Å². The summed E-state index contributed by atoms with van der Waals surface area (Å²) in [6, 6.07) is 2.27. The van der Waals surface area contributed by atoms with Crippen molar-refractivity contribution in [2.24, 2.45) is 0 Å². The standard InChI is InChI=1S/C10H10F3NOS/c1-3-15-7(2)16-8-4-5-9(14-6-8)10(11,12)13/h4-6H,2-3H2,1H3. The molecule has 0 atom stereocenters. The van der Waals surface area contributed by atoms with Gasteiger partial charge in [0.25, 0.3) is 0 Å². The van der Waals surface area contributed by atoms with Crippen LogP contribution in [0.1, 0.15) is 12.6 Å². The van der Waals surface area contributed by atoms with Crippen LogP contribution in [-0.4, -0.2) is 11.6 Å². The summed E-state index contributed by atoms with van der Waals surface area (Å²) in [5, 5.41) is 0.434. The summed E-state index contributed by atoms with van der Waals surface area (Å²) >= 11 is 1.14. The lowest BCUT2D eigenvalue weighted by Crippen LogP contribution is -2.07. The van der Waals surface area contributed by atoms with Crippen molar-refractivity contribution in [3.05, 3.63) is 35.7 Å². The zero-order valence-corrected chi connectivity index (χ0v) is 9.36. The van der Waals surface area contributed by atoms with E-state index in [1.807, 2.05) is 0 Å². The number of ether oxygens (including phenoxy) is 1. The minimum absolute atomic E-state index is 0.434. The second kappa shape index (κ2) is 5.25. The van der Waals surface area contributed by atoms with Gasteiger partial charge >= 0.3 is 6.18 Å². The maximum Gasteiger partial charge on any atom is 0.433 e. The van der Waals surface area contributed by atoms with Gasteiger partial charge < -0.3 is 4.74 Å². The molecule has 0 aromatic carbocycles. The molecule has 88 valence electrons. The highest BCUT2D eigenvalue weighted by Crippen LogP contribution is 2.30. The summed E-state index contributed by atoms with van der Waals surface area (Å²) in [4.78, 5) is 3.88. The lowest BCUT2D eigenvalue weighted by Gasteiger charge is -2.07. The molecule has 0 aliphatic carbocycles. The van der Waals surface area contributed by atoms with Gasteiger partial charge in [0.05, 0.1) is 6.61 Å². The van der Waals surface area contributed by atoms with E-state index in [0.717, 1.165) is 24.0 Å². The molecule has 0 radical (unpaired) electrons. The van der Waals surface area contributed by atoms with E-state index in [4.69, 9.17) is 4.74 Å². The number of alkyl halides is 3. The van der Waals surface area contributed by atoms with Crippen LogP contribution in [0.4, 0.5) is 13.2 Å². The first-order chi connectivity index (χ1) is 7.43. The molecule has 1 aromatic rings. The lowest BCUT2D eigenvalue weighted by atomic mass is 10.3. The number of aromatic nitrogens is 1. The van der Waals surface area contributed by atoms with Crippen LogP contribution in [0.15, 0.2) is 34.9 Å². The predicted molar refractivity (Wildman–Crippen MR) is 55.9 cm³/mol. The molecule has 6 heteroatoms. The molecule has 2 nitrogen and oxygen atoms in total. The first kappa shape index (κ1) is 12.9. The fourth-order valence-corrected chi connectivity index (χ4v) is 1.61. The van der Waals surface area contributed by atoms with Crippen LogP contribution in [0.5, 0.6) is 0 Å². The number of halogens is 3. The Balaban J connectivity index is 2.69. The summed E-state index contributed by atoms with van der Waals surface area (Å²) in [5.74, 6) is 0. The normalized spacial score (nSPS) is 11.2. The summed E-state index contributed by atoms with van der Waals surface area (Å²) in [5.41, 5.74) is -0.904. The molecule has 1 rings (SSSR count). The van der Waals surface area contributed by atoms with Gasteiger partial charge in [0.1, 0.15) is 5.69 Å². The summed E-state index contributed by atoms with van der Waals surface area (Å²) in [6.45, 7) is 5.88. The fourth-order valence-electron chi connectivity index (χ4n) is 0.930. The van der Waals surface area contributed by atoms with Gasteiger partial charge in [-0.05, 0) is 25.6 Å². The molecule has 0 N–H and O–H groups in total. The smallest absolute Gasteiger partial charge is 0.433 e. The Labute approximate surface area is 95.5 Å². The van der Waals surface area contributed by atoms with Gasteiger partial charge in [-0.25, -0.2) is 0 Å². The van der Waals surface area contributed by atoms with E-state index in [2.05, 4.69) is 11.6 Å². The van der Waals surface area contributed by atoms with Gasteiger partial charge in [0.15, 0.2) is 5.09 Å².